The van der Waals surface area contributed by atoms with Gasteiger partial charge in [-0.15, -0.1) is 0 Å². The van der Waals surface area contributed by atoms with E-state index in [1.165, 1.54) is 5.56 Å². The van der Waals surface area contributed by atoms with Crippen LogP contribution in [0.5, 0.6) is 0 Å². The average molecular weight is 419 g/mol. The van der Waals surface area contributed by atoms with E-state index in [2.05, 4.69) is 11.1 Å². The smallest absolute Gasteiger partial charge is 0.256 e. The minimum absolute atomic E-state index is 0.121. The first-order valence-corrected chi connectivity index (χ1v) is 10.8. The van der Waals surface area contributed by atoms with Crippen LogP contribution in [0.25, 0.3) is 5.76 Å². The zero-order valence-electron chi connectivity index (χ0n) is 17.7. The summed E-state index contributed by atoms with van der Waals surface area (Å²) in [5.74, 6) is 1.34. The predicted octanol–water partition coefficient (Wildman–Crippen LogP) is 4.91. The molecule has 5 nitrogen and oxygen atoms in total. The fraction of sp³-hybridized carbons (Fsp3) is 0.148. The second kappa shape index (κ2) is 7.02. The van der Waals surface area contributed by atoms with E-state index in [4.69, 9.17) is 9.84 Å². The lowest BCUT2D eigenvalue weighted by molar-refractivity contribution is 0.0334. The van der Waals surface area contributed by atoms with E-state index in [1.807, 2.05) is 78.9 Å². The Labute approximate surface area is 186 Å². The van der Waals surface area contributed by atoms with Crippen LogP contribution >= 0.6 is 0 Å². The molecule has 2 heterocycles. The Balaban J connectivity index is 1.73. The molecule has 0 bridgehead atoms. The third kappa shape index (κ3) is 2.61. The lowest BCUT2D eigenvalue weighted by Crippen LogP contribution is -2.40. The zero-order valence-corrected chi connectivity index (χ0v) is 17.7. The number of carbonyl (C=O) groups is 1. The zero-order chi connectivity index (χ0) is 21.7. The van der Waals surface area contributed by atoms with Gasteiger partial charge in [0, 0.05) is 22.3 Å². The van der Waals surface area contributed by atoms with Gasteiger partial charge in [-0.05, 0) is 25.3 Å². The summed E-state index contributed by atoms with van der Waals surface area (Å²) in [4.78, 5) is 18.4. The van der Waals surface area contributed by atoms with Gasteiger partial charge in [-0.1, -0.05) is 84.9 Å². The maximum absolute atomic E-state index is 13.8. The van der Waals surface area contributed by atoms with E-state index < -0.39 is 5.72 Å². The van der Waals surface area contributed by atoms with Gasteiger partial charge < -0.3 is 4.74 Å². The summed E-state index contributed by atoms with van der Waals surface area (Å²) in [6.45, 7) is 1.81. The van der Waals surface area contributed by atoms with Crippen LogP contribution in [-0.4, -0.2) is 20.5 Å². The molecule has 0 saturated heterocycles. The topological polar surface area (TPSA) is 57.0 Å². The number of ether oxygens (including phenoxy) is 1. The summed E-state index contributed by atoms with van der Waals surface area (Å²) >= 11 is 0. The predicted molar refractivity (Wildman–Crippen MR) is 121 cm³/mol. The quantitative estimate of drug-likeness (QED) is 0.463. The molecule has 2 aliphatic rings. The van der Waals surface area contributed by atoms with E-state index in [1.54, 1.807) is 11.6 Å². The fourth-order valence-electron chi connectivity index (χ4n) is 4.79. The van der Waals surface area contributed by atoms with Crippen molar-refractivity contribution in [2.75, 3.05) is 0 Å². The number of carbonyl (C=O) groups excluding carboxylic acids is 1. The highest BCUT2D eigenvalue weighted by atomic mass is 16.5. The molecule has 0 radical (unpaired) electrons. The van der Waals surface area contributed by atoms with Gasteiger partial charge in [0.2, 0.25) is 11.6 Å². The molecule has 3 aromatic carbocycles. The first-order chi connectivity index (χ1) is 15.7. The van der Waals surface area contributed by atoms with E-state index in [9.17, 15) is 4.79 Å². The molecule has 0 atom stereocenters. The van der Waals surface area contributed by atoms with Crippen LogP contribution in [0.2, 0.25) is 0 Å². The Morgan fingerprint density at radius 2 is 1.47 bits per heavy atom. The molecule has 6 rings (SSSR count). The number of hydrogen-bond acceptors (Lipinski definition) is 4. The first-order valence-electron chi connectivity index (χ1n) is 10.8. The van der Waals surface area contributed by atoms with Crippen molar-refractivity contribution in [3.8, 4) is 0 Å². The summed E-state index contributed by atoms with van der Waals surface area (Å²) in [6.07, 6.45) is 1.40. The van der Waals surface area contributed by atoms with Crippen molar-refractivity contribution in [2.24, 2.45) is 0 Å². The molecular weight excluding hydrogens is 398 g/mol. The molecule has 5 heteroatoms. The van der Waals surface area contributed by atoms with Crippen molar-refractivity contribution in [3.05, 3.63) is 124 Å². The number of nitrogens with zero attached hydrogens (tertiary/aromatic N) is 3. The van der Waals surface area contributed by atoms with Crippen molar-refractivity contribution in [2.45, 2.75) is 25.5 Å². The SMILES string of the molecule is Cc1nc2n(n1)C(c1ccccc1)(c1ccccc1)OC1=C(CCc3ccccc31)C2=O. The monoisotopic (exact) mass is 419 g/mol. The molecule has 156 valence electrons. The molecule has 1 aliphatic carbocycles. The molecular formula is C27H21N3O2. The number of aromatic nitrogens is 3. The minimum atomic E-state index is -1.17. The highest BCUT2D eigenvalue weighted by Gasteiger charge is 2.48. The molecule has 0 unspecified atom stereocenters. The van der Waals surface area contributed by atoms with E-state index in [-0.39, 0.29) is 5.78 Å². The summed E-state index contributed by atoms with van der Waals surface area (Å²) in [5.41, 5.74) is 3.38. The van der Waals surface area contributed by atoms with Gasteiger partial charge in [0.1, 0.15) is 11.6 Å². The normalized spacial score (nSPS) is 16.5. The van der Waals surface area contributed by atoms with Gasteiger partial charge in [0.25, 0.3) is 5.72 Å². The number of benzene rings is 3. The van der Waals surface area contributed by atoms with Crippen molar-refractivity contribution in [1.29, 1.82) is 0 Å². The van der Waals surface area contributed by atoms with Crippen LogP contribution in [0.1, 0.15) is 45.1 Å². The van der Waals surface area contributed by atoms with Crippen molar-refractivity contribution < 1.29 is 9.53 Å². The standard InChI is InChI=1S/C27H21N3O2/c1-18-28-26-24(31)23-17-16-19-10-8-9-15-22(19)25(23)32-27(30(26)29-18,20-11-4-2-5-12-20)21-13-6-3-7-14-21/h2-15H,16-17H2,1H3. The molecule has 1 aromatic heterocycles. The van der Waals surface area contributed by atoms with Crippen molar-refractivity contribution >= 4 is 11.5 Å². The Morgan fingerprint density at radius 3 is 2.16 bits per heavy atom. The van der Waals surface area contributed by atoms with E-state index in [0.717, 1.165) is 23.1 Å². The fourth-order valence-corrected chi connectivity index (χ4v) is 4.79. The minimum Gasteiger partial charge on any atom is -0.456 e. The molecule has 0 fully saturated rings. The number of Topliss-reactive ketones (excluding diaryl/α,β-unsaturated/α-hetero) is 1. The number of ketones is 1. The van der Waals surface area contributed by atoms with Crippen molar-refractivity contribution in [1.82, 2.24) is 14.8 Å². The van der Waals surface area contributed by atoms with E-state index in [0.29, 0.717) is 29.4 Å². The van der Waals surface area contributed by atoms with Gasteiger partial charge >= 0.3 is 0 Å². The Bertz CT molecular complexity index is 1330. The van der Waals surface area contributed by atoms with Gasteiger partial charge in [0.15, 0.2) is 0 Å². The number of fused-ring (bicyclic) bond motifs is 3. The Morgan fingerprint density at radius 1 is 0.844 bits per heavy atom. The van der Waals surface area contributed by atoms with Crippen LogP contribution in [0.3, 0.4) is 0 Å². The molecule has 0 N–H and O–H groups in total. The van der Waals surface area contributed by atoms with Gasteiger partial charge in [-0.25, -0.2) is 4.98 Å². The molecule has 0 spiro atoms. The lowest BCUT2D eigenvalue weighted by Gasteiger charge is -2.36. The second-order valence-electron chi connectivity index (χ2n) is 8.17. The Kier molecular flexibility index (Phi) is 4.12. The summed E-state index contributed by atoms with van der Waals surface area (Å²) in [7, 11) is 0. The maximum Gasteiger partial charge on any atom is 0.256 e. The van der Waals surface area contributed by atoms with Crippen LogP contribution in [-0.2, 0) is 16.9 Å². The molecule has 1 aliphatic heterocycles. The highest BCUT2D eigenvalue weighted by Crippen LogP contribution is 2.46. The van der Waals surface area contributed by atoms with Gasteiger partial charge in [0.05, 0.1) is 0 Å². The third-order valence-corrected chi connectivity index (χ3v) is 6.25. The number of rotatable bonds is 2. The largest absolute Gasteiger partial charge is 0.456 e. The third-order valence-electron chi connectivity index (χ3n) is 6.25. The lowest BCUT2D eigenvalue weighted by atomic mass is 9.88. The van der Waals surface area contributed by atoms with Crippen LogP contribution in [0.15, 0.2) is 90.5 Å². The van der Waals surface area contributed by atoms with Crippen LogP contribution in [0, 0.1) is 6.92 Å². The number of hydrogen-bond donors (Lipinski definition) is 0. The summed E-state index contributed by atoms with van der Waals surface area (Å²) in [6, 6.07) is 28.0. The average Bonchev–Trinajstić information content (AvgIpc) is 3.21. The molecule has 32 heavy (non-hydrogen) atoms. The molecule has 0 amide bonds. The highest BCUT2D eigenvalue weighted by molar-refractivity contribution is 6.11. The van der Waals surface area contributed by atoms with Crippen molar-refractivity contribution in [3.63, 3.8) is 0 Å². The number of aryl methyl sites for hydroxylation is 2. The van der Waals surface area contributed by atoms with E-state index >= 15 is 0 Å². The van der Waals surface area contributed by atoms with Gasteiger partial charge in [-0.2, -0.15) is 9.78 Å². The van der Waals surface area contributed by atoms with Gasteiger partial charge in [-0.3, -0.25) is 4.79 Å². The van der Waals surface area contributed by atoms with Crippen LogP contribution in [0.4, 0.5) is 0 Å². The van der Waals surface area contributed by atoms with Crippen LogP contribution < -0.4 is 0 Å². The molecule has 4 aromatic rings. The first kappa shape index (κ1) is 18.8. The summed E-state index contributed by atoms with van der Waals surface area (Å²) < 4.78 is 8.71. The number of allylic oxidation sites excluding steroid dienone is 1. The maximum atomic E-state index is 13.8. The second-order valence-corrected chi connectivity index (χ2v) is 8.17. The molecule has 0 saturated carbocycles. The summed E-state index contributed by atoms with van der Waals surface area (Å²) in [5, 5.41) is 4.71. The Hall–Kier alpha value is -3.99.